The highest BCUT2D eigenvalue weighted by molar-refractivity contribution is 5.85. The number of hydrazone groups is 1. The van der Waals surface area contributed by atoms with Crippen LogP contribution in [-0.4, -0.2) is 48.1 Å². The van der Waals surface area contributed by atoms with Crippen molar-refractivity contribution in [1.29, 1.82) is 5.53 Å². The third-order valence-corrected chi connectivity index (χ3v) is 7.98. The number of nitrogens with two attached hydrogens (primary N) is 1. The fraction of sp³-hybridized carbons (Fsp3) is 0.367. The molecule has 2 atom stereocenters. The van der Waals surface area contributed by atoms with Crippen molar-refractivity contribution in [2.45, 2.75) is 50.8 Å². The Hall–Kier alpha value is -4.89. The van der Waals surface area contributed by atoms with E-state index in [9.17, 15) is 31.1 Å². The van der Waals surface area contributed by atoms with Crippen molar-refractivity contribution in [3.8, 4) is 16.9 Å². The zero-order valence-corrected chi connectivity index (χ0v) is 24.6. The average Bonchev–Trinajstić information content (AvgIpc) is 3.26. The van der Waals surface area contributed by atoms with Gasteiger partial charge in [0.25, 0.3) is 0 Å². The number of anilines is 1. The minimum atomic E-state index is -5.06. The van der Waals surface area contributed by atoms with Crippen molar-refractivity contribution in [3.05, 3.63) is 76.5 Å². The van der Waals surface area contributed by atoms with E-state index in [0.717, 1.165) is 19.5 Å². The SMILES string of the molecule is COc1ccc(C/C(N=N)=N/N)cc1-c1ccc(N2CCC2)nc1CN1C(=O)O[C@H](c2cc(C(F)(F)F)cc(C(F)(F)F)c2)[C@@H]1C. The predicted molar refractivity (Wildman–Crippen MR) is 154 cm³/mol. The van der Waals surface area contributed by atoms with Crippen molar-refractivity contribution < 1.29 is 40.6 Å². The third kappa shape index (κ3) is 6.55. The van der Waals surface area contributed by atoms with E-state index in [1.807, 2.05) is 11.0 Å². The maximum absolute atomic E-state index is 13.6. The maximum Gasteiger partial charge on any atom is 0.416 e. The molecule has 1 amide bonds. The molecule has 0 aliphatic carbocycles. The van der Waals surface area contributed by atoms with Crippen molar-refractivity contribution in [3.63, 3.8) is 0 Å². The van der Waals surface area contributed by atoms with Gasteiger partial charge in [0.15, 0.2) is 5.84 Å². The lowest BCUT2D eigenvalue weighted by atomic mass is 9.96. The van der Waals surface area contributed by atoms with Gasteiger partial charge < -0.3 is 20.2 Å². The molecule has 2 saturated heterocycles. The number of nitrogens with one attached hydrogen (secondary N) is 1. The molecular formula is C30H29F6N7O3. The molecule has 0 bridgehead atoms. The van der Waals surface area contributed by atoms with E-state index in [1.54, 1.807) is 24.3 Å². The van der Waals surface area contributed by atoms with Crippen LogP contribution < -0.4 is 15.5 Å². The number of hydrogen-bond donors (Lipinski definition) is 2. The fourth-order valence-electron chi connectivity index (χ4n) is 5.41. The van der Waals surface area contributed by atoms with E-state index in [-0.39, 0.29) is 24.9 Å². The second-order valence-electron chi connectivity index (χ2n) is 10.9. The largest absolute Gasteiger partial charge is 0.496 e. The molecule has 0 radical (unpaired) electrons. The van der Waals surface area contributed by atoms with Crippen molar-refractivity contribution in [2.24, 2.45) is 16.1 Å². The number of nitrogens with zero attached hydrogens (tertiary/aromatic N) is 5. The number of amidine groups is 1. The number of amides is 1. The molecule has 2 aromatic carbocycles. The Labute approximate surface area is 259 Å². The lowest BCUT2D eigenvalue weighted by Crippen LogP contribution is -2.38. The molecule has 0 saturated carbocycles. The van der Waals surface area contributed by atoms with E-state index in [4.69, 9.17) is 25.8 Å². The Balaban J connectivity index is 1.54. The predicted octanol–water partition coefficient (Wildman–Crippen LogP) is 6.93. The number of pyridine rings is 1. The molecule has 2 fully saturated rings. The first-order chi connectivity index (χ1) is 21.7. The molecule has 10 nitrogen and oxygen atoms in total. The van der Waals surface area contributed by atoms with Crippen molar-refractivity contribution in [2.75, 3.05) is 25.1 Å². The second kappa shape index (κ2) is 12.5. The highest BCUT2D eigenvalue weighted by Gasteiger charge is 2.43. The Bertz CT molecular complexity index is 1640. The van der Waals surface area contributed by atoms with Crippen molar-refractivity contribution in [1.82, 2.24) is 9.88 Å². The smallest absolute Gasteiger partial charge is 0.416 e. The number of benzene rings is 2. The topological polar surface area (TPSA) is 129 Å². The van der Waals surface area contributed by atoms with Crippen LogP contribution in [0.25, 0.3) is 11.1 Å². The minimum Gasteiger partial charge on any atom is -0.496 e. The number of carbonyl (C=O) groups is 1. The van der Waals surface area contributed by atoms with Crippen LogP contribution in [-0.2, 0) is 30.1 Å². The molecule has 16 heteroatoms. The highest BCUT2D eigenvalue weighted by Crippen LogP contribution is 2.42. The molecule has 244 valence electrons. The zero-order valence-electron chi connectivity index (χ0n) is 24.6. The van der Waals surface area contributed by atoms with Crippen LogP contribution in [0.4, 0.5) is 37.0 Å². The quantitative estimate of drug-likeness (QED) is 0.0680. The number of halogens is 6. The maximum atomic E-state index is 13.6. The Kier molecular flexibility index (Phi) is 8.82. The monoisotopic (exact) mass is 649 g/mol. The molecule has 0 unspecified atom stereocenters. The summed E-state index contributed by atoms with van der Waals surface area (Å²) in [7, 11) is 1.47. The summed E-state index contributed by atoms with van der Waals surface area (Å²) < 4.78 is 92.4. The standard InChI is InChI=1S/C30H29F6N7O3/c1-16-27(18-12-19(29(31,32)33)14-20(13-18)30(34,35)36)46-28(44)43(16)15-23-21(5-7-26(39-23)42-8-3-9-42)22-10-17(4-6-24(22)45-2)11-25(40-37)41-38/h4-7,10,12-14,16,27,37H,3,8-9,11,15,38H2,1-2H3/b40-37?,41-25-/t16-,27-/m0/s1. The number of ether oxygens (including phenoxy) is 2. The van der Waals surface area contributed by atoms with Gasteiger partial charge in [0.1, 0.15) is 17.7 Å². The molecular weight excluding hydrogens is 620 g/mol. The molecule has 5 rings (SSSR count). The molecule has 3 N–H and O–H groups in total. The van der Waals surface area contributed by atoms with Gasteiger partial charge in [0, 0.05) is 30.6 Å². The summed E-state index contributed by atoms with van der Waals surface area (Å²) in [6.07, 6.45) is -11.4. The number of rotatable bonds is 8. The Morgan fingerprint density at radius 3 is 2.26 bits per heavy atom. The Morgan fingerprint density at radius 2 is 1.72 bits per heavy atom. The van der Waals surface area contributed by atoms with Gasteiger partial charge >= 0.3 is 18.4 Å². The van der Waals surface area contributed by atoms with Gasteiger partial charge in [-0.15, -0.1) is 5.11 Å². The summed E-state index contributed by atoms with van der Waals surface area (Å²) >= 11 is 0. The first kappa shape index (κ1) is 32.5. The van der Waals surface area contributed by atoms with Gasteiger partial charge in [-0.05, 0) is 66.9 Å². The van der Waals surface area contributed by atoms with Gasteiger partial charge in [-0.2, -0.15) is 31.4 Å². The zero-order chi connectivity index (χ0) is 33.4. The van der Waals surface area contributed by atoms with Crippen LogP contribution in [0.3, 0.4) is 0 Å². The molecule has 3 heterocycles. The van der Waals surface area contributed by atoms with E-state index < -0.39 is 47.3 Å². The lowest BCUT2D eigenvalue weighted by molar-refractivity contribution is -0.143. The number of alkyl halides is 6. The fourth-order valence-corrected chi connectivity index (χ4v) is 5.41. The lowest BCUT2D eigenvalue weighted by Gasteiger charge is -2.33. The summed E-state index contributed by atoms with van der Waals surface area (Å²) in [6, 6.07) is 9.04. The number of methoxy groups -OCH3 is 1. The van der Waals surface area contributed by atoms with E-state index in [2.05, 4.69) is 10.2 Å². The van der Waals surface area contributed by atoms with Gasteiger partial charge in [-0.3, -0.25) is 4.90 Å². The van der Waals surface area contributed by atoms with Crippen LogP contribution in [0.1, 0.15) is 47.4 Å². The first-order valence-corrected chi connectivity index (χ1v) is 14.1. The highest BCUT2D eigenvalue weighted by atomic mass is 19.4. The van der Waals surface area contributed by atoms with Crippen molar-refractivity contribution >= 4 is 17.7 Å². The summed E-state index contributed by atoms with van der Waals surface area (Å²) in [6.45, 7) is 2.85. The molecule has 0 spiro atoms. The van der Waals surface area contributed by atoms with E-state index >= 15 is 0 Å². The molecule has 2 aliphatic heterocycles. The van der Waals surface area contributed by atoms with E-state index in [1.165, 1.54) is 18.9 Å². The first-order valence-electron chi connectivity index (χ1n) is 14.1. The summed E-state index contributed by atoms with van der Waals surface area (Å²) in [5.74, 6) is 6.49. The van der Waals surface area contributed by atoms with Crippen LogP contribution >= 0.6 is 0 Å². The van der Waals surface area contributed by atoms with Crippen LogP contribution in [0, 0.1) is 5.53 Å². The van der Waals surface area contributed by atoms with Gasteiger partial charge in [-0.1, -0.05) is 6.07 Å². The van der Waals surface area contributed by atoms with Gasteiger partial charge in [-0.25, -0.2) is 15.3 Å². The minimum absolute atomic E-state index is 0.0299. The van der Waals surface area contributed by atoms with Gasteiger partial charge in [0.2, 0.25) is 0 Å². The normalized spacial score (nSPS) is 18.8. The molecule has 3 aromatic rings. The van der Waals surface area contributed by atoms with Crippen LogP contribution in [0.2, 0.25) is 0 Å². The summed E-state index contributed by atoms with van der Waals surface area (Å²) in [4.78, 5) is 21.2. The molecule has 1 aromatic heterocycles. The number of aromatic nitrogens is 1. The second-order valence-corrected chi connectivity index (χ2v) is 10.9. The Morgan fingerprint density at radius 1 is 1.04 bits per heavy atom. The third-order valence-electron chi connectivity index (χ3n) is 7.98. The average molecular weight is 650 g/mol. The number of hydrogen-bond acceptors (Lipinski definition) is 8. The van der Waals surface area contributed by atoms with E-state index in [0.29, 0.717) is 46.1 Å². The summed E-state index contributed by atoms with van der Waals surface area (Å²) in [5.41, 5.74) is 6.04. The molecule has 46 heavy (non-hydrogen) atoms. The van der Waals surface area contributed by atoms with Crippen LogP contribution in [0.15, 0.2) is 58.7 Å². The molecule has 2 aliphatic rings. The number of cyclic esters (lactones) is 1. The number of carbonyl (C=O) groups excluding carboxylic acids is 1. The summed E-state index contributed by atoms with van der Waals surface area (Å²) in [5, 5.41) is 6.81. The van der Waals surface area contributed by atoms with Crippen LogP contribution in [0.5, 0.6) is 5.75 Å². The van der Waals surface area contributed by atoms with Gasteiger partial charge in [0.05, 0.1) is 36.5 Å².